The van der Waals surface area contributed by atoms with Crippen LogP contribution in [0.2, 0.25) is 0 Å². The first kappa shape index (κ1) is 33.0. The number of hydrogen-bond donors (Lipinski definition) is 3. The van der Waals surface area contributed by atoms with Crippen LogP contribution in [-0.2, 0) is 21.4 Å². The highest BCUT2D eigenvalue weighted by Crippen LogP contribution is 2.34. The molecule has 2 amide bonds. The molecule has 1 aliphatic carbocycles. The van der Waals surface area contributed by atoms with Gasteiger partial charge in [-0.05, 0) is 60.1 Å². The second-order valence-electron chi connectivity index (χ2n) is 12.6. The Kier molecular flexibility index (Phi) is 9.98. The van der Waals surface area contributed by atoms with Crippen LogP contribution < -0.4 is 10.6 Å². The Morgan fingerprint density at radius 1 is 0.935 bits per heavy atom. The van der Waals surface area contributed by atoms with Crippen molar-refractivity contribution in [3.05, 3.63) is 99.3 Å². The number of amides is 2. The van der Waals surface area contributed by atoms with Crippen LogP contribution >= 0.6 is 22.7 Å². The summed E-state index contributed by atoms with van der Waals surface area (Å²) >= 11 is 3.10. The normalized spacial score (nSPS) is 15.9. The van der Waals surface area contributed by atoms with E-state index in [-0.39, 0.29) is 17.7 Å². The second-order valence-corrected chi connectivity index (χ2v) is 14.8. The average Bonchev–Trinajstić information content (AvgIpc) is 3.73. The van der Waals surface area contributed by atoms with Crippen molar-refractivity contribution in [1.82, 2.24) is 20.6 Å². The summed E-state index contributed by atoms with van der Waals surface area (Å²) in [6, 6.07) is 13.3. The van der Waals surface area contributed by atoms with Crippen molar-refractivity contribution in [2.75, 3.05) is 0 Å². The maximum absolute atomic E-state index is 13.2. The van der Waals surface area contributed by atoms with Gasteiger partial charge in [0.2, 0.25) is 5.91 Å². The van der Waals surface area contributed by atoms with Gasteiger partial charge in [-0.1, -0.05) is 70.2 Å². The summed E-state index contributed by atoms with van der Waals surface area (Å²) in [5, 5.41) is 14.6. The number of thiophene rings is 2. The molecule has 3 atom stereocenters. The third kappa shape index (κ3) is 8.05. The molecule has 3 aromatic heterocycles. The summed E-state index contributed by atoms with van der Waals surface area (Å²) in [6.45, 7) is 9.81. The lowest BCUT2D eigenvalue weighted by Crippen LogP contribution is -2.51. The molecule has 0 saturated carbocycles. The Morgan fingerprint density at radius 2 is 1.63 bits per heavy atom. The third-order valence-corrected chi connectivity index (χ3v) is 10.4. The van der Waals surface area contributed by atoms with Crippen molar-refractivity contribution in [1.29, 1.82) is 0 Å². The van der Waals surface area contributed by atoms with E-state index >= 15 is 0 Å². The molecule has 8 nitrogen and oxygen atoms in total. The van der Waals surface area contributed by atoms with Crippen LogP contribution in [0.3, 0.4) is 0 Å². The lowest BCUT2D eigenvalue weighted by molar-refractivity contribution is -0.141. The van der Waals surface area contributed by atoms with E-state index in [1.165, 1.54) is 28.7 Å². The third-order valence-electron chi connectivity index (χ3n) is 7.71. The molecule has 46 heavy (non-hydrogen) atoms. The van der Waals surface area contributed by atoms with Crippen molar-refractivity contribution in [2.45, 2.75) is 65.0 Å². The lowest BCUT2D eigenvalue weighted by Gasteiger charge is -2.20. The zero-order chi connectivity index (χ0) is 33.0. The molecule has 0 aliphatic heterocycles. The first-order valence-electron chi connectivity index (χ1n) is 15.2. The van der Waals surface area contributed by atoms with Gasteiger partial charge in [0.25, 0.3) is 5.91 Å². The summed E-state index contributed by atoms with van der Waals surface area (Å²) in [4.78, 5) is 50.7. The minimum Gasteiger partial charge on any atom is -0.480 e. The Labute approximate surface area is 277 Å². The molecule has 1 unspecified atom stereocenters. The van der Waals surface area contributed by atoms with Crippen LogP contribution in [-0.4, -0.2) is 44.9 Å². The van der Waals surface area contributed by atoms with Crippen molar-refractivity contribution >= 4 is 46.0 Å². The molecular weight excluding hydrogens is 617 g/mol. The molecule has 1 aromatic carbocycles. The smallest absolute Gasteiger partial charge is 0.325 e. The van der Waals surface area contributed by atoms with E-state index in [2.05, 4.69) is 78.7 Å². The number of carboxylic acids is 1. The standard InChI is InChI=1S/C36H38N4O4S2/c1-21-6-10-24(11-7-21)28-14-15-29(45-28)26-19-37-32(38-20-26)25-12-8-23(9-13-25)18-27(33(41)39-22(2)35(43)44)40-34(42)30-16-17-31(46-30)36(3,4)5/h6,8-17,19-22,27H,7,18H2,1-5H3,(H,39,41)(H,40,42)(H,43,44)/t21?,22-,27+/m1/s1. The number of hydrogen-bond acceptors (Lipinski definition) is 7. The minimum atomic E-state index is -1.16. The van der Waals surface area contributed by atoms with E-state index in [4.69, 9.17) is 0 Å². The molecule has 3 heterocycles. The SMILES string of the molecule is CC1C=CC(c2ccc(-c3cnc(-c4ccc(C[C@H](NC(=O)c5ccc(C(C)(C)C)s5)C(=O)N[C@H](C)C(=O)O)cc4)nc3)s2)=CC1. The molecule has 0 fully saturated rings. The number of carbonyl (C=O) groups excluding carboxylic acids is 2. The van der Waals surface area contributed by atoms with Crippen molar-refractivity contribution < 1.29 is 19.5 Å². The Balaban J connectivity index is 1.28. The van der Waals surface area contributed by atoms with E-state index in [0.29, 0.717) is 16.6 Å². The Morgan fingerprint density at radius 3 is 2.24 bits per heavy atom. The highest BCUT2D eigenvalue weighted by atomic mass is 32.1. The fraction of sp³-hybridized carbons (Fsp3) is 0.306. The number of nitrogens with zero attached hydrogens (tertiary/aromatic N) is 2. The highest BCUT2D eigenvalue weighted by Gasteiger charge is 2.26. The van der Waals surface area contributed by atoms with Crippen LogP contribution in [0.25, 0.3) is 27.4 Å². The summed E-state index contributed by atoms with van der Waals surface area (Å²) in [7, 11) is 0. The van der Waals surface area contributed by atoms with Gasteiger partial charge in [-0.2, -0.15) is 0 Å². The molecule has 1 aliphatic rings. The molecule has 0 saturated heterocycles. The Bertz CT molecular complexity index is 1780. The van der Waals surface area contributed by atoms with E-state index in [1.807, 2.05) is 42.7 Å². The topological polar surface area (TPSA) is 121 Å². The molecular formula is C36H38N4O4S2. The number of rotatable bonds is 10. The lowest BCUT2D eigenvalue weighted by atomic mass is 9.95. The number of carbonyl (C=O) groups is 3. The van der Waals surface area contributed by atoms with Gasteiger partial charge < -0.3 is 15.7 Å². The van der Waals surface area contributed by atoms with Crippen molar-refractivity contribution in [3.63, 3.8) is 0 Å². The summed E-state index contributed by atoms with van der Waals surface area (Å²) in [6.07, 6.45) is 11.6. The summed E-state index contributed by atoms with van der Waals surface area (Å²) in [5.41, 5.74) is 3.69. The molecule has 0 spiro atoms. The molecule has 0 bridgehead atoms. The zero-order valence-electron chi connectivity index (χ0n) is 26.5. The first-order valence-corrected chi connectivity index (χ1v) is 16.9. The fourth-order valence-corrected chi connectivity index (χ4v) is 6.83. The van der Waals surface area contributed by atoms with Gasteiger partial charge in [0.1, 0.15) is 12.1 Å². The molecule has 4 aromatic rings. The zero-order valence-corrected chi connectivity index (χ0v) is 28.2. The quantitative estimate of drug-likeness (QED) is 0.167. The van der Waals surface area contributed by atoms with Crippen molar-refractivity contribution in [2.24, 2.45) is 5.92 Å². The number of aromatic nitrogens is 2. The summed E-state index contributed by atoms with van der Waals surface area (Å²) in [5.74, 6) is -0.959. The Hall–Kier alpha value is -4.41. The van der Waals surface area contributed by atoms with Gasteiger partial charge in [-0.3, -0.25) is 14.4 Å². The number of aliphatic carboxylic acids is 1. The van der Waals surface area contributed by atoms with Crippen LogP contribution in [0.1, 0.15) is 66.0 Å². The molecule has 10 heteroatoms. The summed E-state index contributed by atoms with van der Waals surface area (Å²) < 4.78 is 0. The van der Waals surface area contributed by atoms with E-state index < -0.39 is 24.0 Å². The highest BCUT2D eigenvalue weighted by molar-refractivity contribution is 7.16. The average molecular weight is 655 g/mol. The maximum atomic E-state index is 13.2. The van der Waals surface area contributed by atoms with Crippen LogP contribution in [0.4, 0.5) is 0 Å². The number of carboxylic acid groups (broad SMARTS) is 1. The minimum absolute atomic E-state index is 0.112. The maximum Gasteiger partial charge on any atom is 0.325 e. The van der Waals surface area contributed by atoms with Crippen LogP contribution in [0.15, 0.2) is 79.2 Å². The van der Waals surface area contributed by atoms with E-state index in [0.717, 1.165) is 32.9 Å². The molecule has 5 rings (SSSR count). The first-order chi connectivity index (χ1) is 21.9. The molecule has 3 N–H and O–H groups in total. The van der Waals surface area contributed by atoms with Gasteiger partial charge >= 0.3 is 5.97 Å². The van der Waals surface area contributed by atoms with E-state index in [9.17, 15) is 19.5 Å². The van der Waals surface area contributed by atoms with Gasteiger partial charge in [0, 0.05) is 44.6 Å². The number of benzene rings is 1. The molecule has 238 valence electrons. The van der Waals surface area contributed by atoms with Crippen molar-refractivity contribution in [3.8, 4) is 21.8 Å². The fourth-order valence-electron chi connectivity index (χ4n) is 4.87. The second kappa shape index (κ2) is 13.9. The van der Waals surface area contributed by atoms with E-state index in [1.54, 1.807) is 17.4 Å². The van der Waals surface area contributed by atoms with Crippen LogP contribution in [0, 0.1) is 5.92 Å². The molecule has 0 radical (unpaired) electrons. The van der Waals surface area contributed by atoms with Gasteiger partial charge in [-0.25, -0.2) is 9.97 Å². The van der Waals surface area contributed by atoms with Crippen LogP contribution in [0.5, 0.6) is 0 Å². The van der Waals surface area contributed by atoms with Gasteiger partial charge in [-0.15, -0.1) is 22.7 Å². The number of allylic oxidation sites excluding steroid dienone is 4. The largest absolute Gasteiger partial charge is 0.480 e. The van der Waals surface area contributed by atoms with Gasteiger partial charge in [0.15, 0.2) is 5.82 Å². The van der Waals surface area contributed by atoms with Gasteiger partial charge in [0.05, 0.1) is 4.88 Å². The predicted octanol–water partition coefficient (Wildman–Crippen LogP) is 7.14. The predicted molar refractivity (Wildman–Crippen MR) is 185 cm³/mol. The monoisotopic (exact) mass is 654 g/mol. The number of nitrogens with one attached hydrogen (secondary N) is 2.